The standard InChI is InChI=1S/C17H26N2O4/c18-16(22)19-3-1-2-15(21)23-10-14(20)17-7-11-4-12(8-17)6-13(5-11)9-17/h11-13H,1-10H2,(H3,18,19,22). The molecule has 0 heterocycles. The molecule has 0 aromatic heterocycles. The minimum Gasteiger partial charge on any atom is -0.458 e. The highest BCUT2D eigenvalue weighted by atomic mass is 16.5. The fourth-order valence-electron chi connectivity index (χ4n) is 5.27. The fourth-order valence-corrected chi connectivity index (χ4v) is 5.27. The molecule has 0 aliphatic heterocycles. The highest BCUT2D eigenvalue weighted by molar-refractivity contribution is 5.88. The lowest BCUT2D eigenvalue weighted by atomic mass is 9.48. The van der Waals surface area contributed by atoms with Crippen molar-refractivity contribution in [1.82, 2.24) is 5.32 Å². The summed E-state index contributed by atoms with van der Waals surface area (Å²) in [6.45, 7) is 0.252. The van der Waals surface area contributed by atoms with E-state index in [-0.39, 0.29) is 30.2 Å². The van der Waals surface area contributed by atoms with Gasteiger partial charge in [0.25, 0.3) is 0 Å². The van der Waals surface area contributed by atoms with Gasteiger partial charge in [-0.05, 0) is 62.7 Å². The van der Waals surface area contributed by atoms with Crippen molar-refractivity contribution in [3.63, 3.8) is 0 Å². The number of hydrogen-bond acceptors (Lipinski definition) is 4. The summed E-state index contributed by atoms with van der Waals surface area (Å²) in [6, 6.07) is -0.602. The molecular weight excluding hydrogens is 296 g/mol. The second kappa shape index (κ2) is 6.49. The van der Waals surface area contributed by atoms with Crippen LogP contribution in [-0.2, 0) is 14.3 Å². The zero-order valence-corrected chi connectivity index (χ0v) is 13.5. The number of esters is 1. The summed E-state index contributed by atoms with van der Waals surface area (Å²) in [7, 11) is 0. The largest absolute Gasteiger partial charge is 0.458 e. The van der Waals surface area contributed by atoms with Gasteiger partial charge in [0.05, 0.1) is 0 Å². The molecular formula is C17H26N2O4. The Morgan fingerprint density at radius 1 is 1.04 bits per heavy atom. The maximum absolute atomic E-state index is 12.7. The summed E-state index contributed by atoms with van der Waals surface area (Å²) >= 11 is 0. The van der Waals surface area contributed by atoms with Crippen LogP contribution < -0.4 is 11.1 Å². The van der Waals surface area contributed by atoms with Crippen molar-refractivity contribution in [2.75, 3.05) is 13.2 Å². The normalized spacial score (nSPS) is 34.2. The van der Waals surface area contributed by atoms with Crippen LogP contribution in [0.4, 0.5) is 4.79 Å². The van der Waals surface area contributed by atoms with E-state index in [1.165, 1.54) is 19.3 Å². The van der Waals surface area contributed by atoms with E-state index in [1.807, 2.05) is 0 Å². The van der Waals surface area contributed by atoms with E-state index < -0.39 is 6.03 Å². The molecule has 6 heteroatoms. The van der Waals surface area contributed by atoms with E-state index in [9.17, 15) is 14.4 Å². The molecule has 0 spiro atoms. The summed E-state index contributed by atoms with van der Waals surface area (Å²) in [5.41, 5.74) is 4.73. The lowest BCUT2D eigenvalue weighted by molar-refractivity contribution is -0.157. The maximum atomic E-state index is 12.7. The number of primary amides is 1. The Bertz CT molecular complexity index is 468. The Hall–Kier alpha value is -1.59. The lowest BCUT2D eigenvalue weighted by Gasteiger charge is -2.55. The molecule has 23 heavy (non-hydrogen) atoms. The van der Waals surface area contributed by atoms with E-state index in [0.29, 0.717) is 30.7 Å². The third-order valence-electron chi connectivity index (χ3n) is 5.85. The zero-order valence-electron chi connectivity index (χ0n) is 13.5. The number of rotatable bonds is 7. The number of carbonyl (C=O) groups excluding carboxylic acids is 3. The van der Waals surface area contributed by atoms with Crippen molar-refractivity contribution in [1.29, 1.82) is 0 Å². The van der Waals surface area contributed by atoms with Gasteiger partial charge in [0.2, 0.25) is 0 Å². The van der Waals surface area contributed by atoms with Crippen molar-refractivity contribution in [2.45, 2.75) is 51.4 Å². The van der Waals surface area contributed by atoms with Gasteiger partial charge in [-0.15, -0.1) is 0 Å². The molecule has 0 unspecified atom stereocenters. The molecule has 2 amide bonds. The highest BCUT2D eigenvalue weighted by Crippen LogP contribution is 2.60. The third-order valence-corrected chi connectivity index (χ3v) is 5.85. The van der Waals surface area contributed by atoms with Gasteiger partial charge in [0, 0.05) is 18.4 Å². The number of ether oxygens (including phenoxy) is 1. The SMILES string of the molecule is NC(=O)NCCCC(=O)OCC(=O)C12CC3CC(CC(C3)C1)C2. The summed E-state index contributed by atoms with van der Waals surface area (Å²) in [6.07, 6.45) is 7.52. The molecule has 128 valence electrons. The van der Waals surface area contributed by atoms with Crippen LogP contribution in [0.15, 0.2) is 0 Å². The molecule has 0 aromatic rings. The summed E-state index contributed by atoms with van der Waals surface area (Å²) in [4.78, 5) is 34.9. The Balaban J connectivity index is 1.43. The monoisotopic (exact) mass is 322 g/mol. The van der Waals surface area contributed by atoms with Crippen LogP contribution in [0.3, 0.4) is 0 Å². The highest BCUT2D eigenvalue weighted by Gasteiger charge is 2.54. The molecule has 4 rings (SSSR count). The van der Waals surface area contributed by atoms with Crippen molar-refractivity contribution in [3.8, 4) is 0 Å². The summed E-state index contributed by atoms with van der Waals surface area (Å²) in [5.74, 6) is 1.87. The van der Waals surface area contributed by atoms with Crippen LogP contribution in [-0.4, -0.2) is 30.9 Å². The molecule has 3 N–H and O–H groups in total. The van der Waals surface area contributed by atoms with Crippen molar-refractivity contribution < 1.29 is 19.1 Å². The van der Waals surface area contributed by atoms with Crippen LogP contribution in [0.2, 0.25) is 0 Å². The first-order valence-corrected chi connectivity index (χ1v) is 8.69. The van der Waals surface area contributed by atoms with Crippen molar-refractivity contribution in [3.05, 3.63) is 0 Å². The number of nitrogens with one attached hydrogen (secondary N) is 1. The maximum Gasteiger partial charge on any atom is 0.312 e. The molecule has 0 saturated heterocycles. The average molecular weight is 322 g/mol. The first kappa shape index (κ1) is 16.3. The third kappa shape index (κ3) is 3.67. The minimum atomic E-state index is -0.602. The molecule has 4 fully saturated rings. The number of ketones is 1. The Morgan fingerprint density at radius 3 is 2.13 bits per heavy atom. The summed E-state index contributed by atoms with van der Waals surface area (Å²) < 4.78 is 5.17. The number of hydrogen-bond donors (Lipinski definition) is 2. The smallest absolute Gasteiger partial charge is 0.312 e. The first-order chi connectivity index (χ1) is 11.0. The molecule has 4 aliphatic carbocycles. The average Bonchev–Trinajstić information content (AvgIpc) is 2.47. The van der Waals surface area contributed by atoms with E-state index in [4.69, 9.17) is 10.5 Å². The van der Waals surface area contributed by atoms with Crippen molar-refractivity contribution in [2.24, 2.45) is 28.9 Å². The summed E-state index contributed by atoms with van der Waals surface area (Å²) in [5, 5.41) is 2.42. The Labute approximate surface area is 136 Å². The molecule has 0 atom stereocenters. The van der Waals surface area contributed by atoms with Gasteiger partial charge >= 0.3 is 12.0 Å². The van der Waals surface area contributed by atoms with Crippen molar-refractivity contribution >= 4 is 17.8 Å². The Kier molecular flexibility index (Phi) is 4.60. The first-order valence-electron chi connectivity index (χ1n) is 8.69. The van der Waals surface area contributed by atoms with Gasteiger partial charge < -0.3 is 15.8 Å². The van der Waals surface area contributed by atoms with Gasteiger partial charge in [-0.2, -0.15) is 0 Å². The fraction of sp³-hybridized carbons (Fsp3) is 0.824. The quantitative estimate of drug-likeness (QED) is 0.551. The molecule has 0 aromatic carbocycles. The van der Waals surface area contributed by atoms with Crippen LogP contribution in [0.1, 0.15) is 51.4 Å². The number of nitrogens with two attached hydrogens (primary N) is 1. The molecule has 4 saturated carbocycles. The topological polar surface area (TPSA) is 98.5 Å². The molecule has 4 aliphatic rings. The van der Waals surface area contributed by atoms with Crippen LogP contribution in [0.5, 0.6) is 0 Å². The van der Waals surface area contributed by atoms with Crippen LogP contribution >= 0.6 is 0 Å². The molecule has 0 radical (unpaired) electrons. The van der Waals surface area contributed by atoms with Gasteiger partial charge in [0.15, 0.2) is 12.4 Å². The Morgan fingerprint density at radius 2 is 1.61 bits per heavy atom. The molecule has 6 nitrogen and oxygen atoms in total. The lowest BCUT2D eigenvalue weighted by Crippen LogP contribution is -2.51. The van der Waals surface area contributed by atoms with Crippen LogP contribution in [0.25, 0.3) is 0 Å². The van der Waals surface area contributed by atoms with E-state index in [0.717, 1.165) is 19.3 Å². The second-order valence-electron chi connectivity index (χ2n) is 7.68. The van der Waals surface area contributed by atoms with E-state index in [1.54, 1.807) is 0 Å². The number of amides is 2. The predicted octanol–water partition coefficient (Wildman–Crippen LogP) is 1.76. The van der Waals surface area contributed by atoms with E-state index >= 15 is 0 Å². The van der Waals surface area contributed by atoms with Gasteiger partial charge in [0.1, 0.15) is 0 Å². The van der Waals surface area contributed by atoms with Gasteiger partial charge in [-0.25, -0.2) is 4.79 Å². The number of Topliss-reactive ketones (excluding diaryl/α,β-unsaturated/α-hetero) is 1. The van der Waals surface area contributed by atoms with E-state index in [2.05, 4.69) is 5.32 Å². The van der Waals surface area contributed by atoms with Gasteiger partial charge in [-0.1, -0.05) is 0 Å². The van der Waals surface area contributed by atoms with Crippen LogP contribution in [0, 0.1) is 23.2 Å². The number of urea groups is 1. The molecule has 4 bridgehead atoms. The zero-order chi connectivity index (χ0) is 16.4. The second-order valence-corrected chi connectivity index (χ2v) is 7.68. The van der Waals surface area contributed by atoms with Gasteiger partial charge in [-0.3, -0.25) is 9.59 Å². The minimum absolute atomic E-state index is 0.0890. The number of carbonyl (C=O) groups is 3. The predicted molar refractivity (Wildman–Crippen MR) is 83.4 cm³/mol.